The van der Waals surface area contributed by atoms with Gasteiger partial charge in [-0.25, -0.2) is 0 Å². The third kappa shape index (κ3) is 3.76. The molecule has 2 heteroatoms. The standard InChI is InChI=1S/C7H12O2/c1-5(2)7(9)4-6(3)8/h4-5,8H,1-3H3. The van der Waals surface area contributed by atoms with Crippen molar-refractivity contribution in [1.82, 2.24) is 0 Å². The maximum absolute atomic E-state index is 10.7. The van der Waals surface area contributed by atoms with Gasteiger partial charge in [-0.2, -0.15) is 0 Å². The molecule has 1 N–H and O–H groups in total. The van der Waals surface area contributed by atoms with Crippen LogP contribution in [0, 0.1) is 5.92 Å². The van der Waals surface area contributed by atoms with Gasteiger partial charge in [0.2, 0.25) is 0 Å². The van der Waals surface area contributed by atoms with E-state index in [1.165, 1.54) is 13.0 Å². The minimum Gasteiger partial charge on any atom is -0.512 e. The van der Waals surface area contributed by atoms with E-state index < -0.39 is 0 Å². The highest BCUT2D eigenvalue weighted by molar-refractivity contribution is 5.91. The van der Waals surface area contributed by atoms with E-state index in [1.807, 2.05) is 0 Å². The Hall–Kier alpha value is -0.790. The van der Waals surface area contributed by atoms with Crippen molar-refractivity contribution in [3.63, 3.8) is 0 Å². The summed E-state index contributed by atoms with van der Waals surface area (Å²) in [7, 11) is 0. The second-order valence-electron chi connectivity index (χ2n) is 2.34. The minimum absolute atomic E-state index is 0.0212. The molecular weight excluding hydrogens is 116 g/mol. The van der Waals surface area contributed by atoms with Gasteiger partial charge in [0.05, 0.1) is 5.76 Å². The lowest BCUT2D eigenvalue weighted by atomic mass is 10.1. The average molecular weight is 128 g/mol. The van der Waals surface area contributed by atoms with E-state index in [9.17, 15) is 4.79 Å². The summed E-state index contributed by atoms with van der Waals surface area (Å²) in [6, 6.07) is 0. The van der Waals surface area contributed by atoms with Crippen molar-refractivity contribution in [3.05, 3.63) is 11.8 Å². The van der Waals surface area contributed by atoms with Crippen LogP contribution in [0.1, 0.15) is 20.8 Å². The van der Waals surface area contributed by atoms with Crippen molar-refractivity contribution in [1.29, 1.82) is 0 Å². The second-order valence-corrected chi connectivity index (χ2v) is 2.34. The first kappa shape index (κ1) is 8.21. The lowest BCUT2D eigenvalue weighted by molar-refractivity contribution is -0.117. The number of carbonyl (C=O) groups excluding carboxylic acids is 1. The molecule has 0 rings (SSSR count). The number of hydrogen-bond donors (Lipinski definition) is 1. The van der Waals surface area contributed by atoms with Crippen LogP contribution in [0.5, 0.6) is 0 Å². The van der Waals surface area contributed by atoms with Crippen LogP contribution in [-0.2, 0) is 4.79 Å². The van der Waals surface area contributed by atoms with Crippen LogP contribution in [0.15, 0.2) is 11.8 Å². The highest BCUT2D eigenvalue weighted by Crippen LogP contribution is 1.97. The van der Waals surface area contributed by atoms with Crippen LogP contribution in [0.25, 0.3) is 0 Å². The Morgan fingerprint density at radius 1 is 1.56 bits per heavy atom. The van der Waals surface area contributed by atoms with E-state index in [1.54, 1.807) is 13.8 Å². The first-order valence-electron chi connectivity index (χ1n) is 2.95. The lowest BCUT2D eigenvalue weighted by Gasteiger charge is -1.95. The Bertz CT molecular complexity index is 130. The SMILES string of the molecule is CC(O)=CC(=O)C(C)C. The topological polar surface area (TPSA) is 37.3 Å². The average Bonchev–Trinajstić information content (AvgIpc) is 1.63. The maximum Gasteiger partial charge on any atom is 0.161 e. The van der Waals surface area contributed by atoms with Gasteiger partial charge in [-0.05, 0) is 6.92 Å². The van der Waals surface area contributed by atoms with Crippen LogP contribution in [-0.4, -0.2) is 10.9 Å². The number of hydrogen-bond acceptors (Lipinski definition) is 2. The van der Waals surface area contributed by atoms with Gasteiger partial charge < -0.3 is 5.11 Å². The van der Waals surface area contributed by atoms with Gasteiger partial charge in [-0.1, -0.05) is 13.8 Å². The third-order valence-electron chi connectivity index (χ3n) is 0.920. The summed E-state index contributed by atoms with van der Waals surface area (Å²) in [6.45, 7) is 5.07. The molecule has 0 aromatic heterocycles. The smallest absolute Gasteiger partial charge is 0.161 e. The molecule has 2 nitrogen and oxygen atoms in total. The lowest BCUT2D eigenvalue weighted by Crippen LogP contribution is -2.02. The van der Waals surface area contributed by atoms with Crippen molar-refractivity contribution in [3.8, 4) is 0 Å². The molecule has 0 fully saturated rings. The van der Waals surface area contributed by atoms with Crippen molar-refractivity contribution in [2.24, 2.45) is 5.92 Å². The van der Waals surface area contributed by atoms with E-state index in [0.29, 0.717) is 0 Å². The van der Waals surface area contributed by atoms with Crippen molar-refractivity contribution in [2.75, 3.05) is 0 Å². The summed E-state index contributed by atoms with van der Waals surface area (Å²) >= 11 is 0. The monoisotopic (exact) mass is 128 g/mol. The Balaban J connectivity index is 3.93. The normalized spacial score (nSPS) is 12.2. The Morgan fingerprint density at radius 2 is 2.00 bits per heavy atom. The molecule has 9 heavy (non-hydrogen) atoms. The Kier molecular flexibility index (Phi) is 2.99. The molecule has 0 aliphatic heterocycles. The van der Waals surface area contributed by atoms with E-state index in [4.69, 9.17) is 5.11 Å². The molecule has 0 amide bonds. The number of aliphatic hydroxyl groups is 1. The van der Waals surface area contributed by atoms with Crippen molar-refractivity contribution >= 4 is 5.78 Å². The number of carbonyl (C=O) groups is 1. The highest BCUT2D eigenvalue weighted by atomic mass is 16.3. The van der Waals surface area contributed by atoms with E-state index in [2.05, 4.69) is 0 Å². The molecule has 0 saturated heterocycles. The molecule has 0 radical (unpaired) electrons. The quantitative estimate of drug-likeness (QED) is 0.453. The Morgan fingerprint density at radius 3 is 2.11 bits per heavy atom. The number of rotatable bonds is 2. The van der Waals surface area contributed by atoms with Crippen molar-refractivity contribution in [2.45, 2.75) is 20.8 Å². The number of aliphatic hydroxyl groups excluding tert-OH is 1. The molecule has 0 aliphatic carbocycles. The van der Waals surface area contributed by atoms with Crippen LogP contribution in [0.2, 0.25) is 0 Å². The molecule has 0 saturated carbocycles. The first-order valence-corrected chi connectivity index (χ1v) is 2.95. The zero-order chi connectivity index (χ0) is 7.44. The molecule has 0 aromatic carbocycles. The fraction of sp³-hybridized carbons (Fsp3) is 0.571. The molecule has 0 bridgehead atoms. The predicted molar refractivity (Wildman–Crippen MR) is 36.2 cm³/mol. The fourth-order valence-corrected chi connectivity index (χ4v) is 0.373. The summed E-state index contributed by atoms with van der Waals surface area (Å²) in [6.07, 6.45) is 1.24. The van der Waals surface area contributed by atoms with E-state index in [-0.39, 0.29) is 17.5 Å². The molecule has 0 aliphatic rings. The van der Waals surface area contributed by atoms with Crippen molar-refractivity contribution < 1.29 is 9.90 Å². The molecule has 0 spiro atoms. The molecule has 52 valence electrons. The minimum atomic E-state index is -0.0324. The van der Waals surface area contributed by atoms with E-state index >= 15 is 0 Å². The zero-order valence-corrected chi connectivity index (χ0v) is 6.01. The van der Waals surface area contributed by atoms with Gasteiger partial charge in [0.15, 0.2) is 5.78 Å². The van der Waals surface area contributed by atoms with E-state index in [0.717, 1.165) is 0 Å². The summed E-state index contributed by atoms with van der Waals surface area (Å²) in [4.78, 5) is 10.7. The van der Waals surface area contributed by atoms with Gasteiger partial charge in [0.25, 0.3) is 0 Å². The molecule has 0 unspecified atom stereocenters. The van der Waals surface area contributed by atoms with Gasteiger partial charge in [-0.3, -0.25) is 4.79 Å². The third-order valence-corrected chi connectivity index (χ3v) is 0.920. The number of ketones is 1. The van der Waals surface area contributed by atoms with Crippen LogP contribution in [0.3, 0.4) is 0 Å². The maximum atomic E-state index is 10.7. The van der Waals surface area contributed by atoms with Crippen LogP contribution >= 0.6 is 0 Å². The summed E-state index contributed by atoms with van der Waals surface area (Å²) < 4.78 is 0. The van der Waals surface area contributed by atoms with Gasteiger partial charge in [0, 0.05) is 12.0 Å². The van der Waals surface area contributed by atoms with Crippen LogP contribution < -0.4 is 0 Å². The summed E-state index contributed by atoms with van der Waals surface area (Å²) in [5.41, 5.74) is 0. The fourth-order valence-electron chi connectivity index (χ4n) is 0.373. The van der Waals surface area contributed by atoms with Gasteiger partial charge >= 0.3 is 0 Å². The Labute approximate surface area is 55.2 Å². The van der Waals surface area contributed by atoms with Crippen LogP contribution in [0.4, 0.5) is 0 Å². The second kappa shape index (κ2) is 3.28. The summed E-state index contributed by atoms with van der Waals surface area (Å²) in [5, 5.41) is 8.61. The van der Waals surface area contributed by atoms with Gasteiger partial charge in [0.1, 0.15) is 0 Å². The molecule has 0 heterocycles. The predicted octanol–water partition coefficient (Wildman–Crippen LogP) is 1.67. The highest BCUT2D eigenvalue weighted by Gasteiger charge is 2.02. The molecular formula is C7H12O2. The van der Waals surface area contributed by atoms with Gasteiger partial charge in [-0.15, -0.1) is 0 Å². The largest absolute Gasteiger partial charge is 0.512 e. The zero-order valence-electron chi connectivity index (χ0n) is 6.01. The molecule has 0 aromatic rings. The molecule has 0 atom stereocenters. The number of allylic oxidation sites excluding steroid dienone is 2. The summed E-state index contributed by atoms with van der Waals surface area (Å²) in [5.74, 6) is 0.0239. The first-order chi connectivity index (χ1) is 4.04.